The van der Waals surface area contributed by atoms with Crippen molar-refractivity contribution in [2.45, 2.75) is 33.7 Å². The third-order valence-corrected chi connectivity index (χ3v) is 2.48. The number of hydrogen-bond acceptors (Lipinski definition) is 2. The Morgan fingerprint density at radius 2 is 2.23 bits per heavy atom. The third-order valence-electron chi connectivity index (χ3n) is 2.48. The molecular weight excluding hydrogens is 162 g/mol. The molecule has 0 bridgehead atoms. The van der Waals surface area contributed by atoms with Crippen molar-refractivity contribution in [1.29, 1.82) is 0 Å². The Balaban J connectivity index is 2.48. The fourth-order valence-electron chi connectivity index (χ4n) is 1.14. The van der Waals surface area contributed by atoms with E-state index < -0.39 is 0 Å². The zero-order chi connectivity index (χ0) is 9.90. The number of hydrogen-bond donors (Lipinski definition) is 1. The molecule has 0 saturated heterocycles. The van der Waals surface area contributed by atoms with E-state index in [-0.39, 0.29) is 5.41 Å². The van der Waals surface area contributed by atoms with Crippen LogP contribution in [0.25, 0.3) is 0 Å². The molecule has 0 radical (unpaired) electrons. The van der Waals surface area contributed by atoms with Crippen molar-refractivity contribution in [3.63, 3.8) is 0 Å². The largest absolute Gasteiger partial charge is 0.330 e. The molecule has 74 valence electrons. The first kappa shape index (κ1) is 10.3. The van der Waals surface area contributed by atoms with Gasteiger partial charge in [0.05, 0.1) is 0 Å². The minimum atomic E-state index is 0.221. The van der Waals surface area contributed by atoms with Gasteiger partial charge in [-0.15, -0.1) is 0 Å². The zero-order valence-electron chi connectivity index (χ0n) is 8.75. The zero-order valence-corrected chi connectivity index (χ0v) is 8.75. The molecule has 0 aliphatic carbocycles. The normalized spacial score (nSPS) is 12.0. The van der Waals surface area contributed by atoms with Gasteiger partial charge in [0, 0.05) is 18.4 Å². The van der Waals surface area contributed by atoms with Crippen molar-refractivity contribution in [1.82, 2.24) is 9.78 Å². The highest BCUT2D eigenvalue weighted by Gasteiger charge is 2.15. The Morgan fingerprint density at radius 1 is 1.54 bits per heavy atom. The van der Waals surface area contributed by atoms with Crippen LogP contribution in [0.5, 0.6) is 0 Å². The summed E-state index contributed by atoms with van der Waals surface area (Å²) in [4.78, 5) is 0. The minimum absolute atomic E-state index is 0.221. The topological polar surface area (TPSA) is 43.8 Å². The van der Waals surface area contributed by atoms with Crippen LogP contribution in [-0.2, 0) is 6.54 Å². The smallest absolute Gasteiger partial charge is 0.0492 e. The van der Waals surface area contributed by atoms with Crippen molar-refractivity contribution in [2.75, 3.05) is 6.54 Å². The van der Waals surface area contributed by atoms with E-state index >= 15 is 0 Å². The molecule has 0 spiro atoms. The summed E-state index contributed by atoms with van der Waals surface area (Å²) in [5.41, 5.74) is 7.09. The van der Waals surface area contributed by atoms with Crippen molar-refractivity contribution in [2.24, 2.45) is 11.1 Å². The average molecular weight is 181 g/mol. The van der Waals surface area contributed by atoms with E-state index in [1.54, 1.807) is 0 Å². The second kappa shape index (κ2) is 3.92. The predicted octanol–water partition coefficient (Wildman–Crippen LogP) is 1.57. The Bertz CT molecular complexity index is 263. The first-order valence-corrected chi connectivity index (χ1v) is 4.74. The van der Waals surface area contributed by atoms with Gasteiger partial charge in [0.2, 0.25) is 0 Å². The van der Waals surface area contributed by atoms with Crippen molar-refractivity contribution in [3.8, 4) is 0 Å². The second-order valence-corrected chi connectivity index (χ2v) is 4.31. The van der Waals surface area contributed by atoms with Crippen LogP contribution >= 0.6 is 0 Å². The summed E-state index contributed by atoms with van der Waals surface area (Å²) in [6, 6.07) is 2.02. The molecule has 0 unspecified atom stereocenters. The van der Waals surface area contributed by atoms with Crippen LogP contribution in [0.2, 0.25) is 0 Å². The van der Waals surface area contributed by atoms with Gasteiger partial charge in [0.1, 0.15) is 0 Å². The molecule has 0 amide bonds. The molecule has 1 heterocycles. The van der Waals surface area contributed by atoms with Gasteiger partial charge in [-0.3, -0.25) is 4.68 Å². The van der Waals surface area contributed by atoms with Crippen molar-refractivity contribution < 1.29 is 0 Å². The lowest BCUT2D eigenvalue weighted by atomic mass is 9.90. The lowest BCUT2D eigenvalue weighted by molar-refractivity contribution is 0.315. The number of aryl methyl sites for hydroxylation is 2. The maximum atomic E-state index is 5.65. The first-order chi connectivity index (χ1) is 6.05. The third kappa shape index (κ3) is 2.84. The van der Waals surface area contributed by atoms with E-state index in [2.05, 4.69) is 25.9 Å². The summed E-state index contributed by atoms with van der Waals surface area (Å²) < 4.78 is 2.03. The molecule has 0 saturated carbocycles. The summed E-state index contributed by atoms with van der Waals surface area (Å²) in [6.07, 6.45) is 2.91. The Labute approximate surface area is 79.9 Å². The van der Waals surface area contributed by atoms with Gasteiger partial charge in [0.15, 0.2) is 0 Å². The Morgan fingerprint density at radius 3 is 2.69 bits per heavy atom. The Hall–Kier alpha value is -0.830. The molecular formula is C10H19N3. The monoisotopic (exact) mass is 181 g/mol. The van der Waals surface area contributed by atoms with E-state index in [0.29, 0.717) is 0 Å². The predicted molar refractivity (Wildman–Crippen MR) is 54.4 cm³/mol. The van der Waals surface area contributed by atoms with Crippen molar-refractivity contribution in [3.05, 3.63) is 18.0 Å². The quantitative estimate of drug-likeness (QED) is 0.766. The molecule has 1 aromatic rings. The molecule has 0 atom stereocenters. The van der Waals surface area contributed by atoms with Gasteiger partial charge in [-0.05, 0) is 31.4 Å². The molecule has 2 N–H and O–H groups in total. The second-order valence-electron chi connectivity index (χ2n) is 4.31. The highest BCUT2D eigenvalue weighted by molar-refractivity contribution is 4.96. The SMILES string of the molecule is Cc1ccnn1CCC(C)(C)CN. The molecule has 3 heteroatoms. The van der Waals surface area contributed by atoms with Crippen LogP contribution < -0.4 is 5.73 Å². The van der Waals surface area contributed by atoms with E-state index in [0.717, 1.165) is 19.5 Å². The molecule has 0 aliphatic heterocycles. The number of aromatic nitrogens is 2. The van der Waals surface area contributed by atoms with Crippen LogP contribution in [-0.4, -0.2) is 16.3 Å². The lowest BCUT2D eigenvalue weighted by Crippen LogP contribution is -2.25. The maximum absolute atomic E-state index is 5.65. The highest BCUT2D eigenvalue weighted by Crippen LogP contribution is 2.19. The van der Waals surface area contributed by atoms with Gasteiger partial charge in [-0.2, -0.15) is 5.10 Å². The summed E-state index contributed by atoms with van der Waals surface area (Å²) in [6.45, 7) is 8.14. The standard InChI is InChI=1S/C10H19N3/c1-9-4-6-12-13(9)7-5-10(2,3)8-11/h4,6H,5,7-8,11H2,1-3H3. The number of nitrogens with two attached hydrogens (primary N) is 1. The molecule has 0 aliphatic rings. The maximum Gasteiger partial charge on any atom is 0.0492 e. The Kier molecular flexibility index (Phi) is 3.09. The van der Waals surface area contributed by atoms with Crippen LogP contribution in [0, 0.1) is 12.3 Å². The van der Waals surface area contributed by atoms with Crippen LogP contribution in [0.3, 0.4) is 0 Å². The van der Waals surface area contributed by atoms with Gasteiger partial charge >= 0.3 is 0 Å². The van der Waals surface area contributed by atoms with Gasteiger partial charge < -0.3 is 5.73 Å². The van der Waals surface area contributed by atoms with Crippen LogP contribution in [0.15, 0.2) is 12.3 Å². The molecule has 13 heavy (non-hydrogen) atoms. The number of nitrogens with zero attached hydrogens (tertiary/aromatic N) is 2. The molecule has 0 aromatic carbocycles. The van der Waals surface area contributed by atoms with Crippen molar-refractivity contribution >= 4 is 0 Å². The summed E-state index contributed by atoms with van der Waals surface area (Å²) in [5, 5.41) is 4.23. The fourth-order valence-corrected chi connectivity index (χ4v) is 1.14. The fraction of sp³-hybridized carbons (Fsp3) is 0.700. The molecule has 3 nitrogen and oxygen atoms in total. The van der Waals surface area contributed by atoms with E-state index in [1.807, 2.05) is 16.9 Å². The van der Waals surface area contributed by atoms with Crippen LogP contribution in [0.4, 0.5) is 0 Å². The molecule has 0 fully saturated rings. The van der Waals surface area contributed by atoms with Gasteiger partial charge in [0.25, 0.3) is 0 Å². The molecule has 1 rings (SSSR count). The first-order valence-electron chi connectivity index (χ1n) is 4.74. The van der Waals surface area contributed by atoms with E-state index in [4.69, 9.17) is 5.73 Å². The lowest BCUT2D eigenvalue weighted by Gasteiger charge is -2.22. The highest BCUT2D eigenvalue weighted by atomic mass is 15.3. The average Bonchev–Trinajstić information content (AvgIpc) is 2.48. The minimum Gasteiger partial charge on any atom is -0.330 e. The summed E-state index contributed by atoms with van der Waals surface area (Å²) in [7, 11) is 0. The summed E-state index contributed by atoms with van der Waals surface area (Å²) in [5.74, 6) is 0. The summed E-state index contributed by atoms with van der Waals surface area (Å²) >= 11 is 0. The van der Waals surface area contributed by atoms with Gasteiger partial charge in [-0.25, -0.2) is 0 Å². The molecule has 1 aromatic heterocycles. The number of rotatable bonds is 4. The van der Waals surface area contributed by atoms with E-state index in [1.165, 1.54) is 5.69 Å². The van der Waals surface area contributed by atoms with Crippen LogP contribution in [0.1, 0.15) is 26.0 Å². The van der Waals surface area contributed by atoms with E-state index in [9.17, 15) is 0 Å². The van der Waals surface area contributed by atoms with Gasteiger partial charge in [-0.1, -0.05) is 13.8 Å².